The number of amidine groups is 1. The molecule has 0 amide bonds. The van der Waals surface area contributed by atoms with Crippen LogP contribution in [0.1, 0.15) is 26.2 Å². The molecule has 1 aliphatic rings. The van der Waals surface area contributed by atoms with Gasteiger partial charge in [-0.15, -0.1) is 0 Å². The molecule has 0 aromatic carbocycles. The zero-order valence-electron chi connectivity index (χ0n) is 8.16. The molecule has 1 rings (SSSR count). The molecule has 4 heteroatoms. The van der Waals surface area contributed by atoms with Crippen LogP contribution in [-0.2, 0) is 0 Å². The molecule has 0 aliphatic carbocycles. The van der Waals surface area contributed by atoms with E-state index in [0.29, 0.717) is 12.5 Å². The maximum Gasteiger partial charge on any atom is 0.0921 e. The van der Waals surface area contributed by atoms with Crippen molar-refractivity contribution in [2.24, 2.45) is 5.73 Å². The smallest absolute Gasteiger partial charge is 0.0921 e. The highest BCUT2D eigenvalue weighted by Gasteiger charge is 2.25. The summed E-state index contributed by atoms with van der Waals surface area (Å²) in [7, 11) is 0. The average molecular weight is 185 g/mol. The summed E-state index contributed by atoms with van der Waals surface area (Å²) < 4.78 is 0. The lowest BCUT2D eigenvalue weighted by atomic mass is 10.1. The summed E-state index contributed by atoms with van der Waals surface area (Å²) in [5.41, 5.74) is 5.37. The number of likely N-dealkylation sites (tertiary alicyclic amines) is 1. The molecule has 1 aliphatic heterocycles. The summed E-state index contributed by atoms with van der Waals surface area (Å²) in [6.45, 7) is 3.77. The highest BCUT2D eigenvalue weighted by Crippen LogP contribution is 2.16. The van der Waals surface area contributed by atoms with Gasteiger partial charge in [0.15, 0.2) is 0 Å². The van der Waals surface area contributed by atoms with E-state index in [1.165, 1.54) is 0 Å². The first-order chi connectivity index (χ1) is 6.13. The molecule has 0 bridgehead atoms. The van der Waals surface area contributed by atoms with Crippen LogP contribution in [0.2, 0.25) is 0 Å². The van der Waals surface area contributed by atoms with Crippen LogP contribution in [0.4, 0.5) is 0 Å². The van der Waals surface area contributed by atoms with E-state index in [1.807, 2.05) is 0 Å². The van der Waals surface area contributed by atoms with Crippen molar-refractivity contribution >= 4 is 5.84 Å². The van der Waals surface area contributed by atoms with Crippen LogP contribution in [0.3, 0.4) is 0 Å². The second-order valence-corrected chi connectivity index (χ2v) is 3.73. The van der Waals surface area contributed by atoms with Crippen LogP contribution in [0.15, 0.2) is 0 Å². The van der Waals surface area contributed by atoms with Gasteiger partial charge in [0.1, 0.15) is 0 Å². The molecule has 13 heavy (non-hydrogen) atoms. The Kier molecular flexibility index (Phi) is 3.69. The second-order valence-electron chi connectivity index (χ2n) is 3.73. The maximum absolute atomic E-state index is 9.35. The van der Waals surface area contributed by atoms with Crippen LogP contribution < -0.4 is 5.73 Å². The fourth-order valence-electron chi connectivity index (χ4n) is 1.89. The quantitative estimate of drug-likeness (QED) is 0.431. The van der Waals surface area contributed by atoms with Crippen molar-refractivity contribution in [3.8, 4) is 0 Å². The molecule has 0 spiro atoms. The molecule has 2 atom stereocenters. The molecular weight excluding hydrogens is 166 g/mol. The third-order valence-electron chi connectivity index (χ3n) is 2.64. The van der Waals surface area contributed by atoms with E-state index in [9.17, 15) is 5.11 Å². The van der Waals surface area contributed by atoms with E-state index in [4.69, 9.17) is 11.1 Å². The van der Waals surface area contributed by atoms with Crippen molar-refractivity contribution in [1.82, 2.24) is 4.90 Å². The van der Waals surface area contributed by atoms with Gasteiger partial charge in [0.25, 0.3) is 0 Å². The molecule has 0 aromatic rings. The van der Waals surface area contributed by atoms with Gasteiger partial charge < -0.3 is 10.8 Å². The van der Waals surface area contributed by atoms with E-state index in [0.717, 1.165) is 25.9 Å². The molecular formula is C9H19N3O. The van der Waals surface area contributed by atoms with Gasteiger partial charge in [-0.05, 0) is 12.8 Å². The first-order valence-electron chi connectivity index (χ1n) is 4.88. The monoisotopic (exact) mass is 185 g/mol. The molecule has 1 fully saturated rings. The van der Waals surface area contributed by atoms with Crippen LogP contribution in [-0.4, -0.2) is 41.1 Å². The maximum atomic E-state index is 9.35. The van der Waals surface area contributed by atoms with Crippen molar-refractivity contribution in [2.45, 2.75) is 38.3 Å². The predicted octanol–water partition coefficient (Wildman–Crippen LogP) is 0.158. The van der Waals surface area contributed by atoms with Crippen LogP contribution >= 0.6 is 0 Å². The number of nitrogens with two attached hydrogens (primary N) is 1. The van der Waals surface area contributed by atoms with E-state index >= 15 is 0 Å². The van der Waals surface area contributed by atoms with Crippen LogP contribution in [0, 0.1) is 5.41 Å². The Morgan fingerprint density at radius 2 is 2.46 bits per heavy atom. The number of nitrogens with zero attached hydrogens (tertiary/aromatic N) is 1. The lowest BCUT2D eigenvalue weighted by Crippen LogP contribution is -2.36. The minimum absolute atomic E-state index is 0.180. The van der Waals surface area contributed by atoms with Crippen molar-refractivity contribution in [2.75, 3.05) is 13.1 Å². The van der Waals surface area contributed by atoms with Gasteiger partial charge in [-0.25, -0.2) is 0 Å². The highest BCUT2D eigenvalue weighted by atomic mass is 16.3. The number of aliphatic hydroxyl groups is 1. The normalized spacial score (nSPS) is 26.2. The van der Waals surface area contributed by atoms with Crippen LogP contribution in [0.5, 0.6) is 0 Å². The van der Waals surface area contributed by atoms with Crippen LogP contribution in [0.25, 0.3) is 0 Å². The lowest BCUT2D eigenvalue weighted by Gasteiger charge is -2.25. The third-order valence-corrected chi connectivity index (χ3v) is 2.64. The van der Waals surface area contributed by atoms with Gasteiger partial charge >= 0.3 is 0 Å². The topological polar surface area (TPSA) is 73.3 Å². The first kappa shape index (κ1) is 10.5. The summed E-state index contributed by atoms with van der Waals surface area (Å²) in [5, 5.41) is 16.6. The van der Waals surface area contributed by atoms with Gasteiger partial charge in [-0.2, -0.15) is 0 Å². The zero-order valence-corrected chi connectivity index (χ0v) is 8.16. The van der Waals surface area contributed by atoms with E-state index in [1.54, 1.807) is 0 Å². The van der Waals surface area contributed by atoms with Gasteiger partial charge in [0.2, 0.25) is 0 Å². The number of β-amino-alcohol motifs (C(OH)–C–C–N with tert-alkyl or cyclic N) is 1. The highest BCUT2D eigenvalue weighted by molar-refractivity contribution is 5.77. The van der Waals surface area contributed by atoms with Crippen molar-refractivity contribution < 1.29 is 5.11 Å². The fourth-order valence-corrected chi connectivity index (χ4v) is 1.89. The predicted molar refractivity (Wildman–Crippen MR) is 52.8 cm³/mol. The van der Waals surface area contributed by atoms with Gasteiger partial charge in [0, 0.05) is 25.6 Å². The molecule has 0 saturated carbocycles. The van der Waals surface area contributed by atoms with Gasteiger partial charge in [0.05, 0.1) is 11.9 Å². The molecule has 4 N–H and O–H groups in total. The molecule has 76 valence electrons. The molecule has 4 nitrogen and oxygen atoms in total. The minimum Gasteiger partial charge on any atom is -0.392 e. The largest absolute Gasteiger partial charge is 0.392 e. The Morgan fingerprint density at radius 3 is 2.85 bits per heavy atom. The Morgan fingerprint density at radius 1 is 1.77 bits per heavy atom. The summed E-state index contributed by atoms with van der Waals surface area (Å²) in [6, 6.07) is 0.342. The van der Waals surface area contributed by atoms with Crippen molar-refractivity contribution in [1.29, 1.82) is 5.41 Å². The number of aliphatic hydroxyl groups excluding tert-OH is 1. The molecule has 1 heterocycles. The first-order valence-corrected chi connectivity index (χ1v) is 4.88. The fraction of sp³-hybridized carbons (Fsp3) is 0.889. The van der Waals surface area contributed by atoms with Crippen molar-refractivity contribution in [3.05, 3.63) is 0 Å². The Bertz CT molecular complexity index is 184. The Hall–Kier alpha value is -0.610. The Labute approximate surface area is 79.2 Å². The minimum atomic E-state index is -0.180. The lowest BCUT2D eigenvalue weighted by molar-refractivity contribution is 0.158. The van der Waals surface area contributed by atoms with Crippen molar-refractivity contribution in [3.63, 3.8) is 0 Å². The number of hydrogen-bond donors (Lipinski definition) is 3. The zero-order chi connectivity index (χ0) is 9.84. The molecule has 2 unspecified atom stereocenters. The summed E-state index contributed by atoms with van der Waals surface area (Å²) >= 11 is 0. The third kappa shape index (κ3) is 2.97. The molecule has 1 saturated heterocycles. The number of nitrogens with one attached hydrogen (secondary N) is 1. The average Bonchev–Trinajstić information content (AvgIpc) is 2.47. The summed E-state index contributed by atoms with van der Waals surface area (Å²) in [4.78, 5) is 2.23. The summed E-state index contributed by atoms with van der Waals surface area (Å²) in [6.07, 6.45) is 2.30. The second kappa shape index (κ2) is 4.58. The molecule has 0 radical (unpaired) electrons. The molecule has 0 aromatic heterocycles. The van der Waals surface area contributed by atoms with Gasteiger partial charge in [-0.1, -0.05) is 6.92 Å². The standard InChI is InChI=1S/C9H19N3O/c1-2-7(5-9(10)11)12-4-3-8(13)6-12/h7-8,13H,2-6H2,1H3,(H3,10,11). The SMILES string of the molecule is CCC(CC(=N)N)N1CCC(O)C1. The Balaban J connectivity index is 2.42. The summed E-state index contributed by atoms with van der Waals surface area (Å²) in [5.74, 6) is 0.244. The number of rotatable bonds is 4. The van der Waals surface area contributed by atoms with E-state index in [2.05, 4.69) is 11.8 Å². The van der Waals surface area contributed by atoms with E-state index in [-0.39, 0.29) is 11.9 Å². The van der Waals surface area contributed by atoms with Gasteiger partial charge in [-0.3, -0.25) is 10.3 Å². The number of hydrogen-bond acceptors (Lipinski definition) is 3. The van der Waals surface area contributed by atoms with E-state index < -0.39 is 0 Å².